The van der Waals surface area contributed by atoms with Crippen LogP contribution >= 0.6 is 0 Å². The van der Waals surface area contributed by atoms with Crippen molar-refractivity contribution < 1.29 is 18.7 Å². The molecule has 0 aliphatic rings. The summed E-state index contributed by atoms with van der Waals surface area (Å²) in [4.78, 5) is 21.7. The smallest absolute Gasteiger partial charge is 0.325 e. The lowest BCUT2D eigenvalue weighted by atomic mass is 10.2. The van der Waals surface area contributed by atoms with Crippen molar-refractivity contribution in [2.45, 2.75) is 6.92 Å². The van der Waals surface area contributed by atoms with Gasteiger partial charge in [0.05, 0.1) is 12.8 Å². The molecule has 1 amide bonds. The lowest BCUT2D eigenvalue weighted by Crippen LogP contribution is -2.16. The van der Waals surface area contributed by atoms with Crippen molar-refractivity contribution in [2.24, 2.45) is 0 Å². The molecule has 0 saturated carbocycles. The summed E-state index contributed by atoms with van der Waals surface area (Å²) in [6.07, 6.45) is 0. The monoisotopic (exact) mass is 240 g/mol. The van der Waals surface area contributed by atoms with Crippen molar-refractivity contribution in [3.8, 4) is 0 Å². The molecule has 1 aromatic rings. The van der Waals surface area contributed by atoms with Gasteiger partial charge < -0.3 is 15.4 Å². The number of esters is 1. The highest BCUT2D eigenvalue weighted by Gasteiger charge is 2.06. The molecule has 2 N–H and O–H groups in total. The summed E-state index contributed by atoms with van der Waals surface area (Å²) in [6, 6.07) is 4.03. The van der Waals surface area contributed by atoms with E-state index >= 15 is 0 Å². The maximum Gasteiger partial charge on any atom is 0.325 e. The lowest BCUT2D eigenvalue weighted by molar-refractivity contribution is -0.138. The summed E-state index contributed by atoms with van der Waals surface area (Å²) < 4.78 is 17.7. The summed E-state index contributed by atoms with van der Waals surface area (Å²) in [7, 11) is 1.24. The Balaban J connectivity index is 2.76. The van der Waals surface area contributed by atoms with Crippen molar-refractivity contribution >= 4 is 23.3 Å². The van der Waals surface area contributed by atoms with E-state index < -0.39 is 11.8 Å². The van der Waals surface area contributed by atoms with Crippen LogP contribution in [0.4, 0.5) is 15.8 Å². The number of ether oxygens (including phenoxy) is 1. The second kappa shape index (κ2) is 5.83. The molecule has 0 unspecified atom stereocenters. The van der Waals surface area contributed by atoms with Gasteiger partial charge in [-0.05, 0) is 18.2 Å². The number of hydrogen-bond acceptors (Lipinski definition) is 4. The highest BCUT2D eigenvalue weighted by molar-refractivity contribution is 5.89. The van der Waals surface area contributed by atoms with Crippen molar-refractivity contribution in [3.63, 3.8) is 0 Å². The predicted octanol–water partition coefficient (Wildman–Crippen LogP) is 1.37. The summed E-state index contributed by atoms with van der Waals surface area (Å²) >= 11 is 0. The van der Waals surface area contributed by atoms with Crippen LogP contribution in [0.15, 0.2) is 18.2 Å². The zero-order chi connectivity index (χ0) is 12.8. The Hall–Kier alpha value is -2.11. The molecule has 6 heteroatoms. The molecule has 5 nitrogen and oxygen atoms in total. The van der Waals surface area contributed by atoms with Crippen molar-refractivity contribution in [1.29, 1.82) is 0 Å². The lowest BCUT2D eigenvalue weighted by Gasteiger charge is -2.09. The van der Waals surface area contributed by atoms with Crippen molar-refractivity contribution in [1.82, 2.24) is 0 Å². The maximum absolute atomic E-state index is 13.3. The minimum atomic E-state index is -0.511. The average Bonchev–Trinajstić information content (AvgIpc) is 2.28. The Bertz CT molecular complexity index is 435. The van der Waals surface area contributed by atoms with Gasteiger partial charge in [-0.2, -0.15) is 0 Å². The van der Waals surface area contributed by atoms with Crippen LogP contribution in [0.2, 0.25) is 0 Å². The van der Waals surface area contributed by atoms with E-state index in [2.05, 4.69) is 15.4 Å². The second-order valence-corrected chi connectivity index (χ2v) is 3.31. The Morgan fingerprint density at radius 1 is 1.41 bits per heavy atom. The first-order valence-corrected chi connectivity index (χ1v) is 4.90. The summed E-state index contributed by atoms with van der Waals surface area (Å²) in [5.74, 6) is -1.27. The van der Waals surface area contributed by atoms with Crippen molar-refractivity contribution in [3.05, 3.63) is 24.0 Å². The fourth-order valence-electron chi connectivity index (χ4n) is 1.18. The zero-order valence-corrected chi connectivity index (χ0v) is 9.54. The van der Waals surface area contributed by atoms with Gasteiger partial charge in [-0.3, -0.25) is 9.59 Å². The number of anilines is 2. The first kappa shape index (κ1) is 13.0. The molecule has 1 rings (SSSR count). The fourth-order valence-corrected chi connectivity index (χ4v) is 1.18. The number of carbonyl (C=O) groups excluding carboxylic acids is 2. The Morgan fingerprint density at radius 3 is 2.71 bits per heavy atom. The molecule has 0 spiro atoms. The van der Waals surface area contributed by atoms with Gasteiger partial charge in [0.15, 0.2) is 0 Å². The van der Waals surface area contributed by atoms with Crippen LogP contribution in [-0.2, 0) is 14.3 Å². The number of nitrogens with one attached hydrogen (secondary N) is 2. The number of hydrogen-bond donors (Lipinski definition) is 2. The normalized spacial score (nSPS) is 9.59. The first-order valence-electron chi connectivity index (χ1n) is 4.90. The molecule has 0 atom stereocenters. The molecule has 17 heavy (non-hydrogen) atoms. The molecule has 0 aliphatic carbocycles. The van der Waals surface area contributed by atoms with Gasteiger partial charge >= 0.3 is 5.97 Å². The molecule has 0 aromatic heterocycles. The van der Waals surface area contributed by atoms with Crippen molar-refractivity contribution in [2.75, 3.05) is 24.3 Å². The van der Waals surface area contributed by atoms with E-state index in [0.29, 0.717) is 5.69 Å². The molecule has 1 aromatic carbocycles. The Kier molecular flexibility index (Phi) is 4.45. The standard InChI is InChI=1S/C11H13FN2O3/c1-7(15)14-8-3-4-9(12)10(5-8)13-6-11(16)17-2/h3-5,13H,6H2,1-2H3,(H,14,15). The third-order valence-corrected chi connectivity index (χ3v) is 1.94. The SMILES string of the molecule is COC(=O)CNc1cc(NC(C)=O)ccc1F. The van der Waals surface area contributed by atoms with E-state index in [1.807, 2.05) is 0 Å². The van der Waals surface area contributed by atoms with Crippen LogP contribution in [0, 0.1) is 5.82 Å². The third kappa shape index (κ3) is 4.10. The number of carbonyl (C=O) groups is 2. The molecule has 0 fully saturated rings. The van der Waals surface area contributed by atoms with Crippen LogP contribution in [0.3, 0.4) is 0 Å². The molecular weight excluding hydrogens is 227 g/mol. The quantitative estimate of drug-likeness (QED) is 0.780. The molecular formula is C11H13FN2O3. The Morgan fingerprint density at radius 2 is 2.12 bits per heavy atom. The first-order chi connectivity index (χ1) is 8.02. The summed E-state index contributed by atoms with van der Waals surface area (Å²) in [5.41, 5.74) is 0.577. The van der Waals surface area contributed by atoms with Crippen LogP contribution < -0.4 is 10.6 Å². The third-order valence-electron chi connectivity index (χ3n) is 1.94. The largest absolute Gasteiger partial charge is 0.468 e. The van der Waals surface area contributed by atoms with Gasteiger partial charge in [0, 0.05) is 12.6 Å². The molecule has 0 bridgehead atoms. The maximum atomic E-state index is 13.3. The van der Waals surface area contributed by atoms with Gasteiger partial charge in [-0.1, -0.05) is 0 Å². The number of rotatable bonds is 4. The van der Waals surface area contributed by atoms with E-state index in [-0.39, 0.29) is 18.1 Å². The van der Waals surface area contributed by atoms with E-state index in [1.54, 1.807) is 0 Å². The van der Waals surface area contributed by atoms with Gasteiger partial charge in [0.2, 0.25) is 5.91 Å². The highest BCUT2D eigenvalue weighted by atomic mass is 19.1. The molecule has 0 saturated heterocycles. The molecule has 0 heterocycles. The van der Waals surface area contributed by atoms with Gasteiger partial charge in [-0.25, -0.2) is 4.39 Å². The number of halogens is 1. The fraction of sp³-hybridized carbons (Fsp3) is 0.273. The van der Waals surface area contributed by atoms with E-state index in [4.69, 9.17) is 0 Å². The van der Waals surface area contributed by atoms with Crippen LogP contribution in [0.1, 0.15) is 6.92 Å². The number of amides is 1. The van der Waals surface area contributed by atoms with Gasteiger partial charge in [-0.15, -0.1) is 0 Å². The van der Waals surface area contributed by atoms with Crippen LogP contribution in [-0.4, -0.2) is 25.5 Å². The molecule has 0 aliphatic heterocycles. The average molecular weight is 240 g/mol. The topological polar surface area (TPSA) is 67.4 Å². The summed E-state index contributed by atoms with van der Waals surface area (Å²) in [6.45, 7) is 1.21. The number of methoxy groups -OCH3 is 1. The van der Waals surface area contributed by atoms with Gasteiger partial charge in [0.1, 0.15) is 12.4 Å². The predicted molar refractivity (Wildman–Crippen MR) is 61.2 cm³/mol. The van der Waals surface area contributed by atoms with Gasteiger partial charge in [0.25, 0.3) is 0 Å². The van der Waals surface area contributed by atoms with Crippen LogP contribution in [0.5, 0.6) is 0 Å². The molecule has 92 valence electrons. The highest BCUT2D eigenvalue weighted by Crippen LogP contribution is 2.19. The zero-order valence-electron chi connectivity index (χ0n) is 9.54. The summed E-state index contributed by atoms with van der Waals surface area (Å²) in [5, 5.41) is 5.09. The Labute approximate surface area is 98.0 Å². The minimum Gasteiger partial charge on any atom is -0.468 e. The van der Waals surface area contributed by atoms with E-state index in [0.717, 1.165) is 0 Å². The van der Waals surface area contributed by atoms with E-state index in [9.17, 15) is 14.0 Å². The minimum absolute atomic E-state index is 0.127. The van der Waals surface area contributed by atoms with E-state index in [1.165, 1.54) is 32.2 Å². The second-order valence-electron chi connectivity index (χ2n) is 3.31. The van der Waals surface area contributed by atoms with Crippen LogP contribution in [0.25, 0.3) is 0 Å². The number of benzene rings is 1. The molecule has 0 radical (unpaired) electrons.